The summed E-state index contributed by atoms with van der Waals surface area (Å²) in [5, 5.41) is 0.893. The molecule has 4 aromatic rings. The molecule has 37 heavy (non-hydrogen) atoms. The van der Waals surface area contributed by atoms with Gasteiger partial charge in [0, 0.05) is 23.5 Å². The molecule has 0 radical (unpaired) electrons. The molecule has 192 valence electrons. The number of carbonyl (C=O) groups is 1. The number of esters is 1. The van der Waals surface area contributed by atoms with Crippen LogP contribution in [0.3, 0.4) is 0 Å². The largest absolute Gasteiger partial charge is 0.468 e. The number of sulfonamides is 1. The van der Waals surface area contributed by atoms with E-state index < -0.39 is 28.3 Å². The Hall–Kier alpha value is -3.72. The Labute approximate surface area is 217 Å². The quantitative estimate of drug-likeness (QED) is 0.172. The number of nitrogens with zero attached hydrogens (tertiary/aromatic N) is 1. The summed E-state index contributed by atoms with van der Waals surface area (Å²) in [6.45, 7) is 5.84. The lowest BCUT2D eigenvalue weighted by atomic mass is 10.0. The summed E-state index contributed by atoms with van der Waals surface area (Å²) >= 11 is 0. The minimum atomic E-state index is -4.22. The minimum absolute atomic E-state index is 0.0427. The predicted octanol–water partition coefficient (Wildman–Crippen LogP) is 4.98. The van der Waals surface area contributed by atoms with E-state index in [0.717, 1.165) is 31.9 Å². The van der Waals surface area contributed by atoms with Crippen molar-refractivity contribution in [2.45, 2.75) is 37.1 Å². The van der Waals surface area contributed by atoms with Gasteiger partial charge in [0.15, 0.2) is 0 Å². The molecule has 8 heteroatoms. The number of carbonyl (C=O) groups excluding carboxylic acids is 1. The van der Waals surface area contributed by atoms with E-state index in [4.69, 9.17) is 9.47 Å². The number of methoxy groups -OCH3 is 1. The second kappa shape index (κ2) is 11.6. The molecule has 0 aliphatic rings. The first-order chi connectivity index (χ1) is 17.8. The molecule has 7 nitrogen and oxygen atoms in total. The lowest BCUT2D eigenvalue weighted by Crippen LogP contribution is -2.52. The van der Waals surface area contributed by atoms with Crippen molar-refractivity contribution >= 4 is 26.9 Å². The molecule has 2 atom stereocenters. The molecule has 0 spiro atoms. The SMILES string of the molecule is C=CC(OCc1ccccc1)N([C@@H](Cc1c[nH]c2ccccc12)C(=O)OC)S(=O)(=O)c1ccc(C)cc1. The van der Waals surface area contributed by atoms with Gasteiger partial charge in [0.2, 0.25) is 10.0 Å². The zero-order chi connectivity index (χ0) is 26.4. The maximum Gasteiger partial charge on any atom is 0.324 e. The zero-order valence-electron chi connectivity index (χ0n) is 20.8. The Morgan fingerprint density at radius 1 is 1.03 bits per heavy atom. The number of hydrogen-bond acceptors (Lipinski definition) is 5. The van der Waals surface area contributed by atoms with Crippen LogP contribution in [0.25, 0.3) is 10.9 Å². The van der Waals surface area contributed by atoms with Crippen molar-refractivity contribution in [2.24, 2.45) is 0 Å². The maximum absolute atomic E-state index is 14.1. The van der Waals surface area contributed by atoms with Crippen molar-refractivity contribution in [3.8, 4) is 0 Å². The van der Waals surface area contributed by atoms with E-state index in [1.54, 1.807) is 18.3 Å². The number of nitrogens with one attached hydrogen (secondary N) is 1. The van der Waals surface area contributed by atoms with E-state index in [1.807, 2.05) is 61.5 Å². The summed E-state index contributed by atoms with van der Waals surface area (Å²) in [6, 6.07) is 22.3. The van der Waals surface area contributed by atoms with Gasteiger partial charge in [-0.2, -0.15) is 4.31 Å². The van der Waals surface area contributed by atoms with Crippen LogP contribution in [0.5, 0.6) is 0 Å². The molecule has 1 N–H and O–H groups in total. The van der Waals surface area contributed by atoms with E-state index in [1.165, 1.54) is 25.3 Å². The highest BCUT2D eigenvalue weighted by Gasteiger charge is 2.41. The van der Waals surface area contributed by atoms with Crippen LogP contribution in [-0.2, 0) is 37.3 Å². The Morgan fingerprint density at radius 2 is 1.70 bits per heavy atom. The van der Waals surface area contributed by atoms with Gasteiger partial charge in [0.1, 0.15) is 12.3 Å². The van der Waals surface area contributed by atoms with Crippen molar-refractivity contribution in [2.75, 3.05) is 7.11 Å². The lowest BCUT2D eigenvalue weighted by Gasteiger charge is -2.34. The van der Waals surface area contributed by atoms with Gasteiger partial charge in [-0.3, -0.25) is 4.79 Å². The Morgan fingerprint density at radius 3 is 2.38 bits per heavy atom. The van der Waals surface area contributed by atoms with Gasteiger partial charge in [0.25, 0.3) is 0 Å². The molecule has 0 saturated carbocycles. The maximum atomic E-state index is 14.1. The van der Waals surface area contributed by atoms with Crippen molar-refractivity contribution in [1.82, 2.24) is 9.29 Å². The average molecular weight is 519 g/mol. The van der Waals surface area contributed by atoms with Crippen molar-refractivity contribution in [3.63, 3.8) is 0 Å². The number of ether oxygens (including phenoxy) is 2. The van der Waals surface area contributed by atoms with E-state index in [2.05, 4.69) is 11.6 Å². The number of para-hydroxylation sites is 1. The van der Waals surface area contributed by atoms with E-state index in [-0.39, 0.29) is 17.9 Å². The summed E-state index contributed by atoms with van der Waals surface area (Å²) in [6.07, 6.45) is 2.10. The van der Waals surface area contributed by atoms with E-state index >= 15 is 0 Å². The van der Waals surface area contributed by atoms with Crippen LogP contribution in [0.1, 0.15) is 16.7 Å². The summed E-state index contributed by atoms with van der Waals surface area (Å²) in [5.74, 6) is -0.698. The molecular weight excluding hydrogens is 488 g/mol. The number of H-pyrrole nitrogens is 1. The monoisotopic (exact) mass is 518 g/mol. The molecular formula is C29H30N2O5S. The molecule has 0 saturated heterocycles. The normalized spacial score (nSPS) is 13.4. The zero-order valence-corrected chi connectivity index (χ0v) is 21.6. The van der Waals surface area contributed by atoms with Gasteiger partial charge in [-0.15, -0.1) is 0 Å². The fraction of sp³-hybridized carbons (Fsp3) is 0.207. The van der Waals surface area contributed by atoms with Gasteiger partial charge in [-0.25, -0.2) is 8.42 Å². The first kappa shape index (κ1) is 26.3. The van der Waals surface area contributed by atoms with Crippen LogP contribution >= 0.6 is 0 Å². The highest BCUT2D eigenvalue weighted by atomic mass is 32.2. The molecule has 3 aromatic carbocycles. The molecule has 1 unspecified atom stereocenters. The molecule has 0 aliphatic carbocycles. The molecule has 0 fully saturated rings. The van der Waals surface area contributed by atoms with Crippen molar-refractivity contribution in [1.29, 1.82) is 0 Å². The second-order valence-corrected chi connectivity index (χ2v) is 10.5. The Bertz CT molecular complexity index is 1460. The third kappa shape index (κ3) is 5.83. The van der Waals surface area contributed by atoms with Gasteiger partial charge in [-0.05, 0) is 42.3 Å². The average Bonchev–Trinajstić information content (AvgIpc) is 3.33. The topological polar surface area (TPSA) is 88.7 Å². The van der Waals surface area contributed by atoms with Crippen molar-refractivity contribution < 1.29 is 22.7 Å². The summed E-state index contributed by atoms with van der Waals surface area (Å²) < 4.78 is 40.4. The van der Waals surface area contributed by atoms with Crippen molar-refractivity contribution in [3.05, 3.63) is 114 Å². The fourth-order valence-corrected chi connectivity index (χ4v) is 5.88. The molecule has 0 aliphatic heterocycles. The highest BCUT2D eigenvalue weighted by molar-refractivity contribution is 7.89. The van der Waals surface area contributed by atoms with Gasteiger partial charge >= 0.3 is 5.97 Å². The number of hydrogen-bond donors (Lipinski definition) is 1. The van der Waals surface area contributed by atoms with E-state index in [9.17, 15) is 13.2 Å². The smallest absolute Gasteiger partial charge is 0.324 e. The van der Waals surface area contributed by atoms with Gasteiger partial charge < -0.3 is 14.5 Å². The summed E-state index contributed by atoms with van der Waals surface area (Å²) in [4.78, 5) is 16.4. The lowest BCUT2D eigenvalue weighted by molar-refractivity contribution is -0.148. The molecule has 0 bridgehead atoms. The highest BCUT2D eigenvalue weighted by Crippen LogP contribution is 2.28. The number of aromatic nitrogens is 1. The third-order valence-corrected chi connectivity index (χ3v) is 8.07. The molecule has 1 aromatic heterocycles. The minimum Gasteiger partial charge on any atom is -0.468 e. The number of benzene rings is 3. The Kier molecular flexibility index (Phi) is 8.23. The molecule has 1 heterocycles. The number of aryl methyl sites for hydroxylation is 1. The second-order valence-electron chi connectivity index (χ2n) is 8.67. The number of aromatic amines is 1. The van der Waals surface area contributed by atoms with Crippen LogP contribution in [0, 0.1) is 6.92 Å². The first-order valence-electron chi connectivity index (χ1n) is 11.9. The Balaban J connectivity index is 1.79. The van der Waals surface area contributed by atoms with Crippen LogP contribution in [0.4, 0.5) is 0 Å². The predicted molar refractivity (Wildman–Crippen MR) is 143 cm³/mol. The van der Waals surface area contributed by atoms with Gasteiger partial charge in [-0.1, -0.05) is 72.8 Å². The van der Waals surface area contributed by atoms with Crippen LogP contribution in [0.2, 0.25) is 0 Å². The van der Waals surface area contributed by atoms with Crippen LogP contribution in [-0.4, -0.2) is 43.1 Å². The standard InChI is InChI=1S/C29H30N2O5S/c1-4-28(36-20-22-10-6-5-7-11-22)31(37(33,34)24-16-14-21(2)15-17-24)27(29(32)35-3)18-23-19-30-26-13-9-8-12-25(23)26/h4-17,19,27-28,30H,1,18,20H2,2-3H3/t27-,28?/m0/s1. The fourth-order valence-electron chi connectivity index (χ4n) is 4.24. The van der Waals surface area contributed by atoms with E-state index in [0.29, 0.717) is 0 Å². The molecule has 0 amide bonds. The summed E-state index contributed by atoms with van der Waals surface area (Å²) in [5.41, 5.74) is 3.43. The van der Waals surface area contributed by atoms with Crippen LogP contribution in [0.15, 0.2) is 103 Å². The third-order valence-electron chi connectivity index (χ3n) is 6.18. The number of fused-ring (bicyclic) bond motifs is 1. The summed E-state index contributed by atoms with van der Waals surface area (Å²) in [7, 11) is -2.97. The number of rotatable bonds is 11. The van der Waals surface area contributed by atoms with Gasteiger partial charge in [0.05, 0.1) is 18.6 Å². The molecule has 4 rings (SSSR count). The van der Waals surface area contributed by atoms with Crippen LogP contribution < -0.4 is 0 Å². The first-order valence-corrected chi connectivity index (χ1v) is 13.3.